The van der Waals surface area contributed by atoms with Crippen molar-refractivity contribution in [2.45, 2.75) is 0 Å². The molecule has 0 aliphatic carbocycles. The first-order chi connectivity index (χ1) is 6.77. The summed E-state index contributed by atoms with van der Waals surface area (Å²) in [6.45, 7) is 0.0236. The molecule has 1 N–H and O–H groups in total. The Morgan fingerprint density at radius 2 is 2.07 bits per heavy atom. The number of amides is 1. The topological polar surface area (TPSA) is 55.4 Å². The normalized spacial score (nSPS) is 9.21. The first-order valence-corrected chi connectivity index (χ1v) is 4.12. The predicted octanol–water partition coefficient (Wildman–Crippen LogP) is 0.624. The Morgan fingerprint density at radius 1 is 1.43 bits per heavy atom. The summed E-state index contributed by atoms with van der Waals surface area (Å²) in [6, 6.07) is 6.73. The summed E-state index contributed by atoms with van der Waals surface area (Å²) >= 11 is 0. The fraction of sp³-hybridized carbons (Fsp3) is 0.200. The van der Waals surface area contributed by atoms with Crippen LogP contribution < -0.4 is 10.1 Å². The molecule has 0 aliphatic heterocycles. The predicted molar refractivity (Wildman–Crippen MR) is 51.4 cm³/mol. The average Bonchev–Trinajstić information content (AvgIpc) is 2.26. The Hall–Kier alpha value is -1.84. The highest BCUT2D eigenvalue weighted by Gasteiger charge is 2.04. The van der Waals surface area contributed by atoms with Gasteiger partial charge in [0.25, 0.3) is 0 Å². The molecule has 1 aromatic rings. The van der Waals surface area contributed by atoms with Crippen LogP contribution in [0.3, 0.4) is 0 Å². The number of rotatable bonds is 5. The van der Waals surface area contributed by atoms with Crippen molar-refractivity contribution < 1.29 is 14.3 Å². The van der Waals surface area contributed by atoms with E-state index >= 15 is 0 Å². The van der Waals surface area contributed by atoms with E-state index in [0.29, 0.717) is 17.7 Å². The summed E-state index contributed by atoms with van der Waals surface area (Å²) in [5.74, 6) is 0.574. The molecule has 1 amide bonds. The number of methoxy groups -OCH3 is 1. The van der Waals surface area contributed by atoms with Gasteiger partial charge in [-0.1, -0.05) is 0 Å². The lowest BCUT2D eigenvalue weighted by Gasteiger charge is -2.01. The fourth-order valence-corrected chi connectivity index (χ4v) is 1.01. The van der Waals surface area contributed by atoms with E-state index in [4.69, 9.17) is 4.74 Å². The Bertz CT molecular complexity index is 319. The summed E-state index contributed by atoms with van der Waals surface area (Å²) in [4.78, 5) is 21.3. The molecule has 4 nitrogen and oxygen atoms in total. The zero-order valence-electron chi connectivity index (χ0n) is 7.82. The Morgan fingerprint density at radius 3 is 2.57 bits per heavy atom. The molecule has 14 heavy (non-hydrogen) atoms. The van der Waals surface area contributed by atoms with Crippen molar-refractivity contribution in [2.75, 3.05) is 13.7 Å². The van der Waals surface area contributed by atoms with Crippen molar-refractivity contribution in [2.24, 2.45) is 0 Å². The van der Waals surface area contributed by atoms with Gasteiger partial charge in [-0.05, 0) is 24.3 Å². The molecule has 0 saturated carbocycles. The van der Waals surface area contributed by atoms with E-state index in [1.807, 2.05) is 0 Å². The number of ketones is 1. The molecule has 0 radical (unpaired) electrons. The second-order valence-corrected chi connectivity index (χ2v) is 2.65. The summed E-state index contributed by atoms with van der Waals surface area (Å²) in [7, 11) is 1.56. The Kier molecular flexibility index (Phi) is 3.67. The summed E-state index contributed by atoms with van der Waals surface area (Å²) in [5.41, 5.74) is 0.556. The number of Topliss-reactive ketones (excluding diaryl/α,β-unsaturated/α-hetero) is 1. The van der Waals surface area contributed by atoms with Gasteiger partial charge in [0, 0.05) is 5.56 Å². The van der Waals surface area contributed by atoms with Gasteiger partial charge in [-0.15, -0.1) is 0 Å². The van der Waals surface area contributed by atoms with E-state index in [9.17, 15) is 9.59 Å². The number of hydrogen-bond acceptors (Lipinski definition) is 3. The third-order valence-corrected chi connectivity index (χ3v) is 1.76. The number of carbonyl (C=O) groups is 2. The van der Waals surface area contributed by atoms with Crippen LogP contribution in [0, 0.1) is 0 Å². The minimum atomic E-state index is -0.125. The SMILES string of the molecule is COc1ccc(C(=O)CNC=O)cc1. The van der Waals surface area contributed by atoms with Crippen LogP contribution in [0.5, 0.6) is 5.75 Å². The molecule has 0 spiro atoms. The van der Waals surface area contributed by atoms with Gasteiger partial charge >= 0.3 is 0 Å². The van der Waals surface area contributed by atoms with Gasteiger partial charge < -0.3 is 10.1 Å². The molecule has 74 valence electrons. The maximum atomic E-state index is 11.3. The van der Waals surface area contributed by atoms with Crippen LogP contribution in [0.25, 0.3) is 0 Å². The monoisotopic (exact) mass is 193 g/mol. The number of hydrogen-bond donors (Lipinski definition) is 1. The Balaban J connectivity index is 2.66. The molecule has 1 rings (SSSR count). The van der Waals surface area contributed by atoms with Crippen LogP contribution in [0.15, 0.2) is 24.3 Å². The van der Waals surface area contributed by atoms with Crippen molar-refractivity contribution in [3.8, 4) is 5.75 Å². The molecule has 0 aromatic heterocycles. The first kappa shape index (κ1) is 10.2. The maximum Gasteiger partial charge on any atom is 0.207 e. The van der Waals surface area contributed by atoms with E-state index in [-0.39, 0.29) is 12.3 Å². The summed E-state index contributed by atoms with van der Waals surface area (Å²) in [5, 5.41) is 2.31. The number of ether oxygens (including phenoxy) is 1. The fourth-order valence-electron chi connectivity index (χ4n) is 1.01. The average molecular weight is 193 g/mol. The highest BCUT2D eigenvalue weighted by molar-refractivity contribution is 5.98. The van der Waals surface area contributed by atoms with Gasteiger partial charge in [0.05, 0.1) is 13.7 Å². The van der Waals surface area contributed by atoms with Gasteiger partial charge in [-0.25, -0.2) is 0 Å². The van der Waals surface area contributed by atoms with Crippen LogP contribution >= 0.6 is 0 Å². The van der Waals surface area contributed by atoms with Gasteiger partial charge in [0.2, 0.25) is 6.41 Å². The zero-order valence-corrected chi connectivity index (χ0v) is 7.82. The van der Waals surface area contributed by atoms with E-state index in [0.717, 1.165) is 0 Å². The van der Waals surface area contributed by atoms with Crippen LogP contribution in [0.1, 0.15) is 10.4 Å². The van der Waals surface area contributed by atoms with E-state index in [1.54, 1.807) is 31.4 Å². The van der Waals surface area contributed by atoms with Crippen LogP contribution in [0.2, 0.25) is 0 Å². The third kappa shape index (κ3) is 2.58. The third-order valence-electron chi connectivity index (χ3n) is 1.76. The standard InChI is InChI=1S/C10H11NO3/c1-14-9-4-2-8(3-5-9)10(13)6-11-7-12/h2-5,7H,6H2,1H3,(H,11,12). The van der Waals surface area contributed by atoms with Crippen LogP contribution in [-0.2, 0) is 4.79 Å². The van der Waals surface area contributed by atoms with Gasteiger partial charge in [0.1, 0.15) is 5.75 Å². The smallest absolute Gasteiger partial charge is 0.207 e. The summed E-state index contributed by atoms with van der Waals surface area (Å²) < 4.78 is 4.95. The lowest BCUT2D eigenvalue weighted by atomic mass is 10.1. The van der Waals surface area contributed by atoms with Crippen LogP contribution in [0.4, 0.5) is 0 Å². The van der Waals surface area contributed by atoms with Crippen molar-refractivity contribution in [1.29, 1.82) is 0 Å². The lowest BCUT2D eigenvalue weighted by molar-refractivity contribution is -0.109. The van der Waals surface area contributed by atoms with Crippen molar-refractivity contribution >= 4 is 12.2 Å². The zero-order chi connectivity index (χ0) is 10.4. The molecule has 0 atom stereocenters. The van der Waals surface area contributed by atoms with Gasteiger partial charge in [0.15, 0.2) is 5.78 Å². The van der Waals surface area contributed by atoms with E-state index in [2.05, 4.69) is 5.32 Å². The molecule has 0 aliphatic rings. The molecule has 0 unspecified atom stereocenters. The largest absolute Gasteiger partial charge is 0.497 e. The molecule has 0 heterocycles. The number of benzene rings is 1. The quantitative estimate of drug-likeness (QED) is 0.551. The number of carbonyl (C=O) groups excluding carboxylic acids is 2. The highest BCUT2D eigenvalue weighted by Crippen LogP contribution is 2.11. The molecule has 0 saturated heterocycles. The minimum Gasteiger partial charge on any atom is -0.497 e. The van der Waals surface area contributed by atoms with Crippen molar-refractivity contribution in [3.63, 3.8) is 0 Å². The van der Waals surface area contributed by atoms with Crippen LogP contribution in [-0.4, -0.2) is 25.8 Å². The minimum absolute atomic E-state index is 0.0236. The second kappa shape index (κ2) is 5.01. The molecule has 4 heteroatoms. The molecular weight excluding hydrogens is 182 g/mol. The van der Waals surface area contributed by atoms with Crippen molar-refractivity contribution in [1.82, 2.24) is 5.32 Å². The van der Waals surface area contributed by atoms with E-state index < -0.39 is 0 Å². The maximum absolute atomic E-state index is 11.3. The van der Waals surface area contributed by atoms with Gasteiger partial charge in [-0.2, -0.15) is 0 Å². The van der Waals surface area contributed by atoms with E-state index in [1.165, 1.54) is 0 Å². The molecular formula is C10H11NO3. The summed E-state index contributed by atoms with van der Waals surface area (Å²) in [6.07, 6.45) is 0.501. The van der Waals surface area contributed by atoms with Crippen molar-refractivity contribution in [3.05, 3.63) is 29.8 Å². The molecule has 0 fully saturated rings. The second-order valence-electron chi connectivity index (χ2n) is 2.65. The first-order valence-electron chi connectivity index (χ1n) is 4.12. The Labute approximate surface area is 81.9 Å². The lowest BCUT2D eigenvalue weighted by Crippen LogP contribution is -2.21. The van der Waals surface area contributed by atoms with Gasteiger partial charge in [-0.3, -0.25) is 9.59 Å². The highest BCUT2D eigenvalue weighted by atomic mass is 16.5. The molecule has 0 bridgehead atoms. The molecule has 1 aromatic carbocycles. The number of nitrogens with one attached hydrogen (secondary N) is 1.